The molecule has 10 nitrogen and oxygen atoms in total. The van der Waals surface area contributed by atoms with Crippen LogP contribution in [0.1, 0.15) is 42.4 Å². The summed E-state index contributed by atoms with van der Waals surface area (Å²) in [6, 6.07) is 17.9. The molecule has 4 rings (SSSR count). The molecule has 2 aliphatic heterocycles. The molecule has 0 aromatic heterocycles. The van der Waals surface area contributed by atoms with Crippen LogP contribution in [0.15, 0.2) is 64.7 Å². The number of nitrogens with zero attached hydrogens (tertiary/aromatic N) is 3. The molecule has 38 heavy (non-hydrogen) atoms. The number of carboxylic acid groups (broad SMARTS) is 2. The lowest BCUT2D eigenvalue weighted by molar-refractivity contribution is -0.159. The number of amidine groups is 1. The van der Waals surface area contributed by atoms with Crippen molar-refractivity contribution in [3.8, 4) is 0 Å². The summed E-state index contributed by atoms with van der Waals surface area (Å²) in [6.07, 6.45) is 2.67. The van der Waals surface area contributed by atoms with E-state index >= 15 is 0 Å². The largest absolute Gasteiger partial charge is 0.480 e. The first-order valence-electron chi connectivity index (χ1n) is 12.8. The van der Waals surface area contributed by atoms with Gasteiger partial charge in [-0.1, -0.05) is 59.8 Å². The topological polar surface area (TPSA) is 147 Å². The maximum Gasteiger partial charge on any atom is 0.329 e. The Kier molecular flexibility index (Phi) is 9.09. The Bertz CT molecular complexity index is 1160. The van der Waals surface area contributed by atoms with Crippen LogP contribution in [0.5, 0.6) is 0 Å². The van der Waals surface area contributed by atoms with Gasteiger partial charge in [-0.15, -0.1) is 0 Å². The Balaban J connectivity index is 1.32. The van der Waals surface area contributed by atoms with Gasteiger partial charge in [-0.05, 0) is 30.4 Å². The fourth-order valence-corrected chi connectivity index (χ4v) is 4.93. The van der Waals surface area contributed by atoms with Gasteiger partial charge < -0.3 is 25.5 Å². The first-order valence-corrected chi connectivity index (χ1v) is 12.8. The van der Waals surface area contributed by atoms with E-state index < -0.39 is 24.1 Å². The van der Waals surface area contributed by atoms with E-state index in [0.29, 0.717) is 51.2 Å². The second-order valence-corrected chi connectivity index (χ2v) is 9.79. The summed E-state index contributed by atoms with van der Waals surface area (Å²) >= 11 is 0. The summed E-state index contributed by atoms with van der Waals surface area (Å²) in [6.45, 7) is 1.19. The maximum absolute atomic E-state index is 11.2. The number of hydrogen-bond acceptors (Lipinski definition) is 7. The van der Waals surface area contributed by atoms with Crippen molar-refractivity contribution in [1.29, 1.82) is 0 Å². The quantitative estimate of drug-likeness (QED) is 0.285. The van der Waals surface area contributed by atoms with E-state index in [9.17, 15) is 9.59 Å². The monoisotopic (exact) mass is 522 g/mol. The molecule has 1 unspecified atom stereocenters. The van der Waals surface area contributed by atoms with E-state index in [1.165, 1.54) is 5.56 Å². The summed E-state index contributed by atoms with van der Waals surface area (Å²) in [4.78, 5) is 34.3. The third kappa shape index (κ3) is 7.62. The number of nitrogens with two attached hydrogens (primary N) is 1. The minimum Gasteiger partial charge on any atom is -0.480 e. The van der Waals surface area contributed by atoms with Crippen LogP contribution in [0.3, 0.4) is 0 Å². The Morgan fingerprint density at radius 2 is 1.79 bits per heavy atom. The fourth-order valence-electron chi connectivity index (χ4n) is 4.93. The van der Waals surface area contributed by atoms with Crippen LogP contribution in [-0.2, 0) is 25.6 Å². The molecule has 0 spiro atoms. The van der Waals surface area contributed by atoms with Crippen LogP contribution in [0.25, 0.3) is 0 Å². The van der Waals surface area contributed by atoms with Crippen LogP contribution in [0.2, 0.25) is 0 Å². The van der Waals surface area contributed by atoms with Crippen LogP contribution in [0, 0.1) is 0 Å². The van der Waals surface area contributed by atoms with Gasteiger partial charge in [0.15, 0.2) is 0 Å². The zero-order chi connectivity index (χ0) is 27.0. The highest BCUT2D eigenvalue weighted by atomic mass is 16.6. The van der Waals surface area contributed by atoms with Gasteiger partial charge in [0, 0.05) is 38.0 Å². The zero-order valence-electron chi connectivity index (χ0n) is 21.3. The average Bonchev–Trinajstić information content (AvgIpc) is 3.37. The normalized spacial score (nSPS) is 19.5. The number of carboxylic acids is 2. The minimum atomic E-state index is -1.04. The van der Waals surface area contributed by atoms with Crippen molar-refractivity contribution in [1.82, 2.24) is 4.90 Å². The first-order chi connectivity index (χ1) is 18.3. The number of carbonyl (C=O) groups is 2. The standard InChI is InChI=1S/C28H34N4O6/c29-27(30-13-10-20-4-2-1-3-5-20)22-8-6-21(7-9-22)24-16-23(38-31-24)17-28(37-19-26(35)36)11-14-32(15-12-28)18-25(33)34/h1-9,23H,10-19H2,(H2,29,30)(H,33,34)(H,35,36). The number of benzene rings is 2. The van der Waals surface area contributed by atoms with Crippen molar-refractivity contribution < 1.29 is 29.4 Å². The Morgan fingerprint density at radius 3 is 2.45 bits per heavy atom. The number of aliphatic imine (C=N–C) groups is 1. The van der Waals surface area contributed by atoms with Crippen LogP contribution < -0.4 is 5.73 Å². The molecule has 1 saturated heterocycles. The Morgan fingerprint density at radius 1 is 1.08 bits per heavy atom. The molecule has 0 bridgehead atoms. The van der Waals surface area contributed by atoms with Crippen LogP contribution in [0.4, 0.5) is 0 Å². The van der Waals surface area contributed by atoms with E-state index in [1.54, 1.807) is 0 Å². The molecule has 0 amide bonds. The fraction of sp³-hybridized carbons (Fsp3) is 0.429. The lowest BCUT2D eigenvalue weighted by Crippen LogP contribution is -2.49. The average molecular weight is 523 g/mol. The zero-order valence-corrected chi connectivity index (χ0v) is 21.3. The number of ether oxygens (including phenoxy) is 1. The van der Waals surface area contributed by atoms with Gasteiger partial charge in [0.2, 0.25) is 0 Å². The Hall–Kier alpha value is -3.76. The summed E-state index contributed by atoms with van der Waals surface area (Å²) in [5, 5.41) is 22.5. The number of aliphatic carboxylic acids is 2. The number of likely N-dealkylation sites (tertiary alicyclic amines) is 1. The van der Waals surface area contributed by atoms with Gasteiger partial charge >= 0.3 is 11.9 Å². The molecule has 2 heterocycles. The third-order valence-corrected chi connectivity index (χ3v) is 7.00. The van der Waals surface area contributed by atoms with Crippen molar-refractivity contribution in [2.24, 2.45) is 15.9 Å². The predicted molar refractivity (Wildman–Crippen MR) is 142 cm³/mol. The van der Waals surface area contributed by atoms with Gasteiger partial charge in [0.1, 0.15) is 18.5 Å². The van der Waals surface area contributed by atoms with Crippen LogP contribution in [-0.4, -0.2) is 83.1 Å². The van der Waals surface area contributed by atoms with Crippen LogP contribution >= 0.6 is 0 Å². The lowest BCUT2D eigenvalue weighted by atomic mass is 9.84. The molecule has 1 atom stereocenters. The number of rotatable bonds is 12. The van der Waals surface area contributed by atoms with E-state index in [4.69, 9.17) is 25.5 Å². The number of piperidine rings is 1. The highest BCUT2D eigenvalue weighted by Gasteiger charge is 2.40. The highest BCUT2D eigenvalue weighted by Crippen LogP contribution is 2.34. The second kappa shape index (κ2) is 12.7. The SMILES string of the molecule is NC(=NCCc1ccccc1)c1ccc(C2=NOC(CC3(OCC(=O)O)CCN(CC(=O)O)CC3)C2)cc1. The summed E-state index contributed by atoms with van der Waals surface area (Å²) in [7, 11) is 0. The lowest BCUT2D eigenvalue weighted by Gasteiger charge is -2.41. The van der Waals surface area contributed by atoms with Crippen molar-refractivity contribution >= 4 is 23.5 Å². The number of hydrogen-bond donors (Lipinski definition) is 3. The van der Waals surface area contributed by atoms with Gasteiger partial charge in [0.05, 0.1) is 17.9 Å². The van der Waals surface area contributed by atoms with Crippen molar-refractivity contribution in [2.75, 3.05) is 32.8 Å². The molecule has 2 aromatic carbocycles. The van der Waals surface area contributed by atoms with E-state index in [1.807, 2.05) is 47.4 Å². The second-order valence-electron chi connectivity index (χ2n) is 9.79. The molecular weight excluding hydrogens is 488 g/mol. The van der Waals surface area contributed by atoms with Crippen molar-refractivity contribution in [3.63, 3.8) is 0 Å². The molecule has 202 valence electrons. The van der Waals surface area contributed by atoms with Crippen molar-refractivity contribution in [2.45, 2.75) is 43.8 Å². The van der Waals surface area contributed by atoms with E-state index in [2.05, 4.69) is 22.3 Å². The smallest absolute Gasteiger partial charge is 0.329 e. The Labute approximate surface area is 221 Å². The molecule has 0 aliphatic carbocycles. The van der Waals surface area contributed by atoms with Gasteiger partial charge in [-0.2, -0.15) is 0 Å². The molecule has 1 fully saturated rings. The van der Waals surface area contributed by atoms with E-state index in [-0.39, 0.29) is 12.6 Å². The summed E-state index contributed by atoms with van der Waals surface area (Å²) < 4.78 is 5.86. The third-order valence-electron chi connectivity index (χ3n) is 7.00. The highest BCUT2D eigenvalue weighted by molar-refractivity contribution is 6.03. The molecular formula is C28H34N4O6. The van der Waals surface area contributed by atoms with Gasteiger partial charge in [0.25, 0.3) is 0 Å². The maximum atomic E-state index is 11.2. The molecule has 10 heteroatoms. The van der Waals surface area contributed by atoms with E-state index in [0.717, 1.165) is 23.3 Å². The molecule has 0 saturated carbocycles. The van der Waals surface area contributed by atoms with Gasteiger partial charge in [-0.3, -0.25) is 14.7 Å². The molecule has 0 radical (unpaired) electrons. The molecule has 2 aliphatic rings. The summed E-state index contributed by atoms with van der Waals surface area (Å²) in [5.41, 5.74) is 9.28. The van der Waals surface area contributed by atoms with Crippen molar-refractivity contribution in [3.05, 3.63) is 71.3 Å². The van der Waals surface area contributed by atoms with Gasteiger partial charge in [-0.25, -0.2) is 4.79 Å². The summed E-state index contributed by atoms with van der Waals surface area (Å²) in [5.74, 6) is -1.43. The predicted octanol–water partition coefficient (Wildman–Crippen LogP) is 2.54. The molecule has 2 aromatic rings. The molecule has 4 N–H and O–H groups in total. The number of oxime groups is 1. The minimum absolute atomic E-state index is 0.0412. The first kappa shape index (κ1) is 27.3.